The topological polar surface area (TPSA) is 53.3 Å². The molecule has 1 aliphatic rings. The van der Waals surface area contributed by atoms with Gasteiger partial charge >= 0.3 is 6.18 Å². The van der Waals surface area contributed by atoms with E-state index >= 15 is 0 Å². The van der Waals surface area contributed by atoms with Crippen LogP contribution in [0.5, 0.6) is 0 Å². The molecule has 2 aromatic heterocycles. The number of aliphatic hydroxyl groups excluding tert-OH is 1. The first kappa shape index (κ1) is 22.3. The zero-order chi connectivity index (χ0) is 23.0. The Morgan fingerprint density at radius 1 is 1.12 bits per heavy atom. The summed E-state index contributed by atoms with van der Waals surface area (Å²) in [6, 6.07) is 12.4. The van der Waals surface area contributed by atoms with E-state index < -0.39 is 11.7 Å². The molecule has 1 fully saturated rings. The zero-order valence-corrected chi connectivity index (χ0v) is 18.4. The molecule has 1 aliphatic heterocycles. The third-order valence-corrected chi connectivity index (χ3v) is 6.11. The minimum Gasteiger partial charge on any atom is -0.395 e. The molecule has 168 valence electrons. The van der Waals surface area contributed by atoms with Crippen molar-refractivity contribution in [1.29, 1.82) is 0 Å². The van der Waals surface area contributed by atoms with Crippen molar-refractivity contribution < 1.29 is 18.3 Å². The van der Waals surface area contributed by atoms with Gasteiger partial charge in [0.2, 0.25) is 0 Å². The van der Waals surface area contributed by atoms with Crippen molar-refractivity contribution in [3.05, 3.63) is 82.9 Å². The maximum atomic E-state index is 13.3. The molecule has 0 aliphatic carbocycles. The Morgan fingerprint density at radius 2 is 1.91 bits per heavy atom. The summed E-state index contributed by atoms with van der Waals surface area (Å²) in [5.74, 6) is 0. The van der Waals surface area contributed by atoms with Crippen LogP contribution in [-0.4, -0.2) is 37.8 Å². The molecule has 1 saturated heterocycles. The number of β-amino-alcohol motifs (C(OH)–C–C–N with tert-alkyl or cyclic N) is 1. The quantitative estimate of drug-likeness (QED) is 0.550. The van der Waals surface area contributed by atoms with Crippen LogP contribution in [0.15, 0.2) is 54.7 Å². The van der Waals surface area contributed by atoms with Gasteiger partial charge in [-0.05, 0) is 68.0 Å². The largest absolute Gasteiger partial charge is 0.416 e. The summed E-state index contributed by atoms with van der Waals surface area (Å²) in [6.45, 7) is 3.99. The van der Waals surface area contributed by atoms with Gasteiger partial charge in [0.1, 0.15) is 0 Å². The molecular weight excluding hydrogens is 437 g/mol. The normalized spacial score (nSPS) is 18.8. The molecule has 0 radical (unpaired) electrons. The molecule has 0 spiro atoms. The van der Waals surface area contributed by atoms with Gasteiger partial charge in [-0.1, -0.05) is 12.1 Å². The highest BCUT2D eigenvalue weighted by Crippen LogP contribution is 2.41. The summed E-state index contributed by atoms with van der Waals surface area (Å²) in [6.07, 6.45) is -2.71. The van der Waals surface area contributed by atoms with Crippen LogP contribution < -0.4 is 5.32 Å². The summed E-state index contributed by atoms with van der Waals surface area (Å²) >= 11 is 5.54. The maximum absolute atomic E-state index is 13.3. The van der Waals surface area contributed by atoms with Gasteiger partial charge in [-0.25, -0.2) is 0 Å². The van der Waals surface area contributed by atoms with Gasteiger partial charge in [0.25, 0.3) is 0 Å². The molecule has 3 heterocycles. The van der Waals surface area contributed by atoms with Crippen LogP contribution in [0.2, 0.25) is 0 Å². The zero-order valence-electron chi connectivity index (χ0n) is 17.6. The standard InChI is InChI=1S/C23H23F3N4OS/c1-14-12-18(15(2)30(14)17-7-5-6-16(13-17)23(24,25)26)21-20(19-8-3-4-9-27-19)28-22(32)29(21)10-11-31/h3-9,12-13,20-21,31H,10-11H2,1-2H3,(H,28,32)/t20-,21+/m1/s1. The van der Waals surface area contributed by atoms with Crippen LogP contribution in [0.25, 0.3) is 5.69 Å². The molecule has 32 heavy (non-hydrogen) atoms. The Hall–Kier alpha value is -2.91. The summed E-state index contributed by atoms with van der Waals surface area (Å²) in [4.78, 5) is 6.39. The summed E-state index contributed by atoms with van der Waals surface area (Å²) in [7, 11) is 0. The SMILES string of the molecule is Cc1cc([C@H]2[C@@H](c3ccccn3)NC(=S)N2CCO)c(C)n1-c1cccc(C(F)(F)F)c1. The number of halogens is 3. The lowest BCUT2D eigenvalue weighted by Gasteiger charge is -2.27. The van der Waals surface area contributed by atoms with Crippen molar-refractivity contribution in [2.45, 2.75) is 32.1 Å². The van der Waals surface area contributed by atoms with Gasteiger partial charge in [-0.15, -0.1) is 0 Å². The highest BCUT2D eigenvalue weighted by atomic mass is 32.1. The number of rotatable bonds is 5. The van der Waals surface area contributed by atoms with Crippen LogP contribution in [-0.2, 0) is 6.18 Å². The van der Waals surface area contributed by atoms with Crippen molar-refractivity contribution in [3.8, 4) is 5.69 Å². The van der Waals surface area contributed by atoms with Gasteiger partial charge in [0.05, 0.1) is 29.9 Å². The Balaban J connectivity index is 1.83. The third-order valence-electron chi connectivity index (χ3n) is 5.76. The predicted octanol–water partition coefficient (Wildman–Crippen LogP) is 4.47. The van der Waals surface area contributed by atoms with Crippen LogP contribution in [0.4, 0.5) is 13.2 Å². The van der Waals surface area contributed by atoms with Crippen molar-refractivity contribution in [1.82, 2.24) is 19.8 Å². The molecule has 2 N–H and O–H groups in total. The fraction of sp³-hybridized carbons (Fsp3) is 0.304. The van der Waals surface area contributed by atoms with E-state index in [1.807, 2.05) is 47.6 Å². The van der Waals surface area contributed by atoms with Crippen LogP contribution in [0.3, 0.4) is 0 Å². The van der Waals surface area contributed by atoms with Crippen LogP contribution >= 0.6 is 12.2 Å². The van der Waals surface area contributed by atoms with E-state index in [1.54, 1.807) is 12.3 Å². The number of aromatic nitrogens is 2. The summed E-state index contributed by atoms with van der Waals surface area (Å²) in [5, 5.41) is 13.4. The Kier molecular flexibility index (Phi) is 5.96. The second-order valence-electron chi connectivity index (χ2n) is 7.75. The van der Waals surface area contributed by atoms with Gasteiger partial charge in [0.15, 0.2) is 5.11 Å². The Labute approximate surface area is 189 Å². The van der Waals surface area contributed by atoms with Crippen molar-refractivity contribution in [2.75, 3.05) is 13.2 Å². The highest BCUT2D eigenvalue weighted by molar-refractivity contribution is 7.80. The lowest BCUT2D eigenvalue weighted by molar-refractivity contribution is -0.137. The number of nitrogens with zero attached hydrogens (tertiary/aromatic N) is 3. The van der Waals surface area contributed by atoms with E-state index in [0.29, 0.717) is 17.3 Å². The number of aliphatic hydroxyl groups is 1. The van der Waals surface area contributed by atoms with Crippen LogP contribution in [0.1, 0.15) is 40.3 Å². The molecule has 3 aromatic rings. The number of pyridine rings is 1. The molecule has 4 rings (SSSR count). The number of thiocarbonyl (C=S) groups is 1. The molecule has 0 unspecified atom stereocenters. The Bertz CT molecular complexity index is 1130. The molecule has 1 aromatic carbocycles. The number of hydrogen-bond acceptors (Lipinski definition) is 3. The van der Waals surface area contributed by atoms with Gasteiger partial charge in [-0.3, -0.25) is 4.98 Å². The number of benzene rings is 1. The first-order valence-corrected chi connectivity index (χ1v) is 10.6. The average Bonchev–Trinajstić information content (AvgIpc) is 3.24. The average molecular weight is 461 g/mol. The smallest absolute Gasteiger partial charge is 0.395 e. The van der Waals surface area contributed by atoms with Gasteiger partial charge in [0, 0.05) is 29.8 Å². The molecule has 0 amide bonds. The minimum atomic E-state index is -4.42. The van der Waals surface area contributed by atoms with Crippen LogP contribution in [0, 0.1) is 13.8 Å². The monoisotopic (exact) mass is 460 g/mol. The fourth-order valence-electron chi connectivity index (χ4n) is 4.40. The molecule has 2 atom stereocenters. The lowest BCUT2D eigenvalue weighted by atomic mass is 9.97. The van der Waals surface area contributed by atoms with Crippen molar-refractivity contribution in [3.63, 3.8) is 0 Å². The second kappa shape index (κ2) is 8.55. The first-order chi connectivity index (χ1) is 15.2. The number of nitrogens with one attached hydrogen (secondary N) is 1. The first-order valence-electron chi connectivity index (χ1n) is 10.2. The van der Waals surface area contributed by atoms with E-state index in [2.05, 4.69) is 10.3 Å². The molecular formula is C23H23F3N4OS. The van der Waals surface area contributed by atoms with E-state index in [0.717, 1.165) is 34.8 Å². The minimum absolute atomic E-state index is 0.0837. The van der Waals surface area contributed by atoms with Gasteiger partial charge in [-0.2, -0.15) is 13.2 Å². The lowest BCUT2D eigenvalue weighted by Crippen LogP contribution is -2.32. The van der Waals surface area contributed by atoms with E-state index in [9.17, 15) is 18.3 Å². The molecule has 9 heteroatoms. The van der Waals surface area contributed by atoms with Gasteiger partial charge < -0.3 is 19.9 Å². The van der Waals surface area contributed by atoms with E-state index in [-0.39, 0.29) is 18.7 Å². The highest BCUT2D eigenvalue weighted by Gasteiger charge is 2.41. The van der Waals surface area contributed by atoms with E-state index in [1.165, 1.54) is 6.07 Å². The maximum Gasteiger partial charge on any atom is 0.416 e. The molecule has 0 saturated carbocycles. The Morgan fingerprint density at radius 3 is 2.56 bits per heavy atom. The molecule has 0 bridgehead atoms. The summed E-state index contributed by atoms with van der Waals surface area (Å²) in [5.41, 5.74) is 3.07. The summed E-state index contributed by atoms with van der Waals surface area (Å²) < 4.78 is 41.7. The van der Waals surface area contributed by atoms with E-state index in [4.69, 9.17) is 12.2 Å². The number of hydrogen-bond donors (Lipinski definition) is 2. The third kappa shape index (κ3) is 3.98. The second-order valence-corrected chi connectivity index (χ2v) is 8.14. The predicted molar refractivity (Wildman–Crippen MR) is 119 cm³/mol. The number of aryl methyl sites for hydroxylation is 1. The molecule has 5 nitrogen and oxygen atoms in total. The van der Waals surface area contributed by atoms with Crippen molar-refractivity contribution >= 4 is 17.3 Å². The number of alkyl halides is 3. The van der Waals surface area contributed by atoms with Crippen molar-refractivity contribution in [2.24, 2.45) is 0 Å². The fourth-order valence-corrected chi connectivity index (χ4v) is 4.73.